The average molecular weight is 237 g/mol. The summed E-state index contributed by atoms with van der Waals surface area (Å²) in [7, 11) is 0. The lowest BCUT2D eigenvalue weighted by Gasteiger charge is -2.19. The number of carbonyl (C=O) groups excluding carboxylic acids is 1. The minimum Gasteiger partial charge on any atom is -0.368 e. The molecule has 5 heteroatoms. The van der Waals surface area contributed by atoms with Crippen LogP contribution in [0.15, 0.2) is 29.4 Å². The number of primary amides is 1. The Morgan fingerprint density at radius 1 is 1.50 bits per heavy atom. The molecule has 1 aromatic rings. The highest BCUT2D eigenvalue weighted by Crippen LogP contribution is 2.38. The van der Waals surface area contributed by atoms with Gasteiger partial charge in [-0.1, -0.05) is 0 Å². The van der Waals surface area contributed by atoms with Gasteiger partial charge in [0.25, 0.3) is 0 Å². The topological polar surface area (TPSA) is 82.0 Å². The Morgan fingerprint density at radius 3 is 2.75 bits per heavy atom. The SMILES string of the molecule is NC(=O)C1(N)CCC(Sc2ccncc2)C1. The van der Waals surface area contributed by atoms with E-state index in [-0.39, 0.29) is 5.91 Å². The van der Waals surface area contributed by atoms with Crippen molar-refractivity contribution in [1.29, 1.82) is 0 Å². The van der Waals surface area contributed by atoms with E-state index in [1.807, 2.05) is 12.1 Å². The van der Waals surface area contributed by atoms with Crippen LogP contribution in [0.3, 0.4) is 0 Å². The lowest BCUT2D eigenvalue weighted by atomic mass is 9.99. The average Bonchev–Trinajstić information content (AvgIpc) is 2.63. The highest BCUT2D eigenvalue weighted by atomic mass is 32.2. The second kappa shape index (κ2) is 4.43. The molecule has 86 valence electrons. The van der Waals surface area contributed by atoms with E-state index in [9.17, 15) is 4.79 Å². The fourth-order valence-electron chi connectivity index (χ4n) is 1.96. The minimum absolute atomic E-state index is 0.375. The Morgan fingerprint density at radius 2 is 2.19 bits per heavy atom. The zero-order valence-electron chi connectivity index (χ0n) is 8.93. The Labute approximate surface area is 98.8 Å². The molecule has 1 heterocycles. The molecular formula is C11H15N3OS. The monoisotopic (exact) mass is 237 g/mol. The molecule has 4 nitrogen and oxygen atoms in total. The maximum atomic E-state index is 11.2. The molecule has 1 saturated carbocycles. The predicted octanol–water partition coefficient (Wildman–Crippen LogP) is 0.909. The van der Waals surface area contributed by atoms with Crippen molar-refractivity contribution >= 4 is 17.7 Å². The normalized spacial score (nSPS) is 29.2. The van der Waals surface area contributed by atoms with Gasteiger partial charge in [-0.3, -0.25) is 9.78 Å². The summed E-state index contributed by atoms with van der Waals surface area (Å²) in [6.07, 6.45) is 5.81. The van der Waals surface area contributed by atoms with Gasteiger partial charge in [0, 0.05) is 22.5 Å². The largest absolute Gasteiger partial charge is 0.368 e. The molecular weight excluding hydrogens is 222 g/mol. The zero-order valence-corrected chi connectivity index (χ0v) is 9.74. The zero-order chi connectivity index (χ0) is 11.6. The first-order chi connectivity index (χ1) is 7.60. The first-order valence-corrected chi connectivity index (χ1v) is 6.13. The van der Waals surface area contributed by atoms with E-state index >= 15 is 0 Å². The summed E-state index contributed by atoms with van der Waals surface area (Å²) in [6.45, 7) is 0. The van der Waals surface area contributed by atoms with Crippen LogP contribution in [-0.4, -0.2) is 21.7 Å². The molecule has 2 atom stereocenters. The summed E-state index contributed by atoms with van der Waals surface area (Å²) in [4.78, 5) is 16.3. The van der Waals surface area contributed by atoms with Crippen molar-refractivity contribution in [3.05, 3.63) is 24.5 Å². The van der Waals surface area contributed by atoms with Gasteiger partial charge in [-0.2, -0.15) is 0 Å². The number of hydrogen-bond donors (Lipinski definition) is 2. The van der Waals surface area contributed by atoms with Crippen molar-refractivity contribution in [2.24, 2.45) is 11.5 Å². The van der Waals surface area contributed by atoms with Crippen LogP contribution in [0.1, 0.15) is 19.3 Å². The second-order valence-electron chi connectivity index (χ2n) is 4.19. The Hall–Kier alpha value is -1.07. The summed E-state index contributed by atoms with van der Waals surface area (Å²) in [5.41, 5.74) is 10.4. The molecule has 0 aromatic carbocycles. The van der Waals surface area contributed by atoms with E-state index in [1.165, 1.54) is 0 Å². The van der Waals surface area contributed by atoms with E-state index in [0.29, 0.717) is 18.1 Å². The summed E-state index contributed by atoms with van der Waals surface area (Å²) in [5.74, 6) is -0.384. The minimum atomic E-state index is -0.801. The molecule has 0 spiro atoms. The smallest absolute Gasteiger partial charge is 0.237 e. The van der Waals surface area contributed by atoms with Gasteiger partial charge >= 0.3 is 0 Å². The molecule has 16 heavy (non-hydrogen) atoms. The molecule has 2 unspecified atom stereocenters. The maximum absolute atomic E-state index is 11.2. The van der Waals surface area contributed by atoms with Crippen LogP contribution in [-0.2, 0) is 4.79 Å². The molecule has 0 radical (unpaired) electrons. The van der Waals surface area contributed by atoms with Crippen molar-refractivity contribution < 1.29 is 4.79 Å². The van der Waals surface area contributed by atoms with Gasteiger partial charge in [0.05, 0.1) is 5.54 Å². The molecule has 1 fully saturated rings. The molecule has 1 aliphatic carbocycles. The predicted molar refractivity (Wildman–Crippen MR) is 63.8 cm³/mol. The molecule has 0 aliphatic heterocycles. The molecule has 1 aliphatic rings. The maximum Gasteiger partial charge on any atom is 0.237 e. The van der Waals surface area contributed by atoms with Crippen molar-refractivity contribution in [3.8, 4) is 0 Å². The van der Waals surface area contributed by atoms with Gasteiger partial charge in [0.15, 0.2) is 0 Å². The van der Waals surface area contributed by atoms with Crippen LogP contribution < -0.4 is 11.5 Å². The van der Waals surface area contributed by atoms with Crippen molar-refractivity contribution in [2.75, 3.05) is 0 Å². The first-order valence-electron chi connectivity index (χ1n) is 5.26. The third-order valence-corrected chi connectivity index (χ3v) is 4.23. The molecule has 0 bridgehead atoms. The fourth-order valence-corrected chi connectivity index (χ4v) is 3.24. The van der Waals surface area contributed by atoms with Gasteiger partial charge in [0.1, 0.15) is 0 Å². The fraction of sp³-hybridized carbons (Fsp3) is 0.455. The van der Waals surface area contributed by atoms with Gasteiger partial charge in [-0.05, 0) is 31.4 Å². The highest BCUT2D eigenvalue weighted by Gasteiger charge is 2.40. The Bertz CT molecular complexity index is 384. The van der Waals surface area contributed by atoms with E-state index in [1.54, 1.807) is 24.2 Å². The van der Waals surface area contributed by atoms with Gasteiger partial charge in [-0.25, -0.2) is 0 Å². The molecule has 2 rings (SSSR count). The van der Waals surface area contributed by atoms with Crippen LogP contribution in [0.2, 0.25) is 0 Å². The lowest BCUT2D eigenvalue weighted by molar-refractivity contribution is -0.122. The molecule has 1 aromatic heterocycles. The van der Waals surface area contributed by atoms with Crippen molar-refractivity contribution in [3.63, 3.8) is 0 Å². The number of rotatable bonds is 3. The van der Waals surface area contributed by atoms with Crippen LogP contribution in [0.25, 0.3) is 0 Å². The van der Waals surface area contributed by atoms with Crippen LogP contribution >= 0.6 is 11.8 Å². The van der Waals surface area contributed by atoms with Crippen LogP contribution in [0.5, 0.6) is 0 Å². The second-order valence-corrected chi connectivity index (χ2v) is 5.56. The summed E-state index contributed by atoms with van der Waals surface area (Å²) < 4.78 is 0. The number of hydrogen-bond acceptors (Lipinski definition) is 4. The van der Waals surface area contributed by atoms with E-state index in [4.69, 9.17) is 11.5 Å². The number of carbonyl (C=O) groups is 1. The number of pyridine rings is 1. The number of thioether (sulfide) groups is 1. The first kappa shape index (κ1) is 11.4. The summed E-state index contributed by atoms with van der Waals surface area (Å²) in [6, 6.07) is 3.93. The van der Waals surface area contributed by atoms with E-state index in [0.717, 1.165) is 11.3 Å². The molecule has 1 amide bonds. The molecule has 0 saturated heterocycles. The van der Waals surface area contributed by atoms with E-state index in [2.05, 4.69) is 4.98 Å². The van der Waals surface area contributed by atoms with E-state index < -0.39 is 5.54 Å². The third-order valence-electron chi connectivity index (χ3n) is 2.95. The lowest BCUT2D eigenvalue weighted by Crippen LogP contribution is -2.50. The van der Waals surface area contributed by atoms with Crippen molar-refractivity contribution in [1.82, 2.24) is 4.98 Å². The van der Waals surface area contributed by atoms with Gasteiger partial charge in [-0.15, -0.1) is 11.8 Å². The third kappa shape index (κ3) is 2.36. The number of nitrogens with two attached hydrogens (primary N) is 2. The van der Waals surface area contributed by atoms with Crippen LogP contribution in [0.4, 0.5) is 0 Å². The Kier molecular flexibility index (Phi) is 3.16. The van der Waals surface area contributed by atoms with Crippen molar-refractivity contribution in [2.45, 2.75) is 34.9 Å². The highest BCUT2D eigenvalue weighted by molar-refractivity contribution is 8.00. The van der Waals surface area contributed by atoms with Crippen LogP contribution in [0, 0.1) is 0 Å². The summed E-state index contributed by atoms with van der Waals surface area (Å²) >= 11 is 1.74. The number of aromatic nitrogens is 1. The number of amides is 1. The Balaban J connectivity index is 1.98. The standard InChI is InChI=1S/C11H15N3OS/c12-10(15)11(13)4-1-9(7-11)16-8-2-5-14-6-3-8/h2-3,5-6,9H,1,4,7,13H2,(H2,12,15). The summed E-state index contributed by atoms with van der Waals surface area (Å²) in [5, 5.41) is 0.375. The van der Waals surface area contributed by atoms with Gasteiger partial charge < -0.3 is 11.5 Å². The molecule has 4 N–H and O–H groups in total. The number of nitrogens with zero attached hydrogens (tertiary/aromatic N) is 1. The quantitative estimate of drug-likeness (QED) is 0.818. The van der Waals surface area contributed by atoms with Gasteiger partial charge in [0.2, 0.25) is 5.91 Å².